The van der Waals surface area contributed by atoms with E-state index in [2.05, 4.69) is 31.1 Å². The Kier molecular flexibility index (Phi) is 5.58. The van der Waals surface area contributed by atoms with Crippen LogP contribution in [0.25, 0.3) is 0 Å². The molecule has 0 aromatic heterocycles. The molecule has 1 fully saturated rings. The number of nitrogens with one attached hydrogen (secondary N) is 1. The minimum Gasteiger partial charge on any atom is -0.396 e. The topological polar surface area (TPSA) is 35.5 Å². The Morgan fingerprint density at radius 2 is 2.13 bits per heavy atom. The molecule has 1 aliphatic heterocycles. The summed E-state index contributed by atoms with van der Waals surface area (Å²) in [7, 11) is 2.20. The second kappa shape index (κ2) is 6.46. The molecule has 0 spiro atoms. The van der Waals surface area contributed by atoms with E-state index in [0.29, 0.717) is 12.6 Å². The summed E-state index contributed by atoms with van der Waals surface area (Å²) in [4.78, 5) is 2.42. The Hall–Kier alpha value is -0.120. The SMILES string of the molecule is CC(C)C1CC(NCCCO)CN(C)C1. The molecule has 3 nitrogen and oxygen atoms in total. The fourth-order valence-corrected chi connectivity index (χ4v) is 2.38. The van der Waals surface area contributed by atoms with E-state index in [1.54, 1.807) is 0 Å². The van der Waals surface area contributed by atoms with Gasteiger partial charge in [0, 0.05) is 25.7 Å². The van der Waals surface area contributed by atoms with Crippen molar-refractivity contribution in [3.8, 4) is 0 Å². The molecule has 0 amide bonds. The van der Waals surface area contributed by atoms with Gasteiger partial charge in [-0.15, -0.1) is 0 Å². The normalized spacial score (nSPS) is 28.6. The molecule has 0 bridgehead atoms. The molecule has 0 aromatic carbocycles. The third-order valence-electron chi connectivity index (χ3n) is 3.38. The number of likely N-dealkylation sites (tertiary alicyclic amines) is 1. The first-order chi connectivity index (χ1) is 7.13. The highest BCUT2D eigenvalue weighted by molar-refractivity contribution is 4.83. The molecule has 2 atom stereocenters. The number of hydrogen-bond donors (Lipinski definition) is 2. The summed E-state index contributed by atoms with van der Waals surface area (Å²) in [5.74, 6) is 1.59. The zero-order valence-electron chi connectivity index (χ0n) is 10.4. The van der Waals surface area contributed by atoms with E-state index >= 15 is 0 Å². The molecule has 0 saturated carbocycles. The van der Waals surface area contributed by atoms with E-state index in [1.807, 2.05) is 0 Å². The van der Waals surface area contributed by atoms with Crippen molar-refractivity contribution in [2.24, 2.45) is 11.8 Å². The highest BCUT2D eigenvalue weighted by atomic mass is 16.3. The first-order valence-corrected chi connectivity index (χ1v) is 6.16. The predicted octanol–water partition coefficient (Wildman–Crippen LogP) is 0.935. The third-order valence-corrected chi connectivity index (χ3v) is 3.38. The van der Waals surface area contributed by atoms with Crippen LogP contribution in [0.4, 0.5) is 0 Å². The molecule has 15 heavy (non-hydrogen) atoms. The molecule has 3 heteroatoms. The third kappa shape index (κ3) is 4.49. The monoisotopic (exact) mass is 214 g/mol. The second-order valence-electron chi connectivity index (χ2n) is 5.19. The van der Waals surface area contributed by atoms with Gasteiger partial charge in [0.15, 0.2) is 0 Å². The highest BCUT2D eigenvalue weighted by Crippen LogP contribution is 2.22. The van der Waals surface area contributed by atoms with E-state index in [9.17, 15) is 0 Å². The van der Waals surface area contributed by atoms with E-state index in [-0.39, 0.29) is 0 Å². The lowest BCUT2D eigenvalue weighted by Gasteiger charge is -2.38. The summed E-state index contributed by atoms with van der Waals surface area (Å²) < 4.78 is 0. The van der Waals surface area contributed by atoms with Gasteiger partial charge in [-0.25, -0.2) is 0 Å². The van der Waals surface area contributed by atoms with Crippen LogP contribution >= 0.6 is 0 Å². The largest absolute Gasteiger partial charge is 0.396 e. The molecule has 1 rings (SSSR count). The van der Waals surface area contributed by atoms with Crippen LogP contribution in [0.15, 0.2) is 0 Å². The van der Waals surface area contributed by atoms with Gasteiger partial charge in [-0.2, -0.15) is 0 Å². The van der Waals surface area contributed by atoms with Gasteiger partial charge >= 0.3 is 0 Å². The van der Waals surface area contributed by atoms with Crippen LogP contribution in [0, 0.1) is 11.8 Å². The standard InChI is InChI=1S/C12H26N2O/c1-10(2)11-7-12(9-14(3)8-11)13-5-4-6-15/h10-13,15H,4-9H2,1-3H3. The van der Waals surface area contributed by atoms with Crippen molar-refractivity contribution in [3.63, 3.8) is 0 Å². The van der Waals surface area contributed by atoms with E-state index in [0.717, 1.165) is 31.3 Å². The number of aliphatic hydroxyl groups excluding tert-OH is 1. The van der Waals surface area contributed by atoms with E-state index in [1.165, 1.54) is 13.0 Å². The summed E-state index contributed by atoms with van der Waals surface area (Å²) in [6, 6.07) is 0.614. The molecule has 2 unspecified atom stereocenters. The Morgan fingerprint density at radius 1 is 1.40 bits per heavy atom. The van der Waals surface area contributed by atoms with Gasteiger partial charge in [-0.05, 0) is 38.3 Å². The minimum absolute atomic E-state index is 0.295. The summed E-state index contributed by atoms with van der Waals surface area (Å²) >= 11 is 0. The van der Waals surface area contributed by atoms with Crippen LogP contribution in [-0.4, -0.2) is 49.3 Å². The Bertz CT molecular complexity index is 173. The van der Waals surface area contributed by atoms with Crippen LogP contribution in [0.1, 0.15) is 26.7 Å². The molecule has 0 radical (unpaired) electrons. The van der Waals surface area contributed by atoms with Gasteiger partial charge in [0.2, 0.25) is 0 Å². The van der Waals surface area contributed by atoms with Crippen molar-refractivity contribution in [2.75, 3.05) is 33.3 Å². The molecule has 1 heterocycles. The summed E-state index contributed by atoms with van der Waals surface area (Å²) in [6.07, 6.45) is 2.15. The van der Waals surface area contributed by atoms with E-state index < -0.39 is 0 Å². The van der Waals surface area contributed by atoms with Gasteiger partial charge in [0.05, 0.1) is 0 Å². The Morgan fingerprint density at radius 3 is 2.73 bits per heavy atom. The lowest BCUT2D eigenvalue weighted by molar-refractivity contribution is 0.138. The number of nitrogens with zero attached hydrogens (tertiary/aromatic N) is 1. The lowest BCUT2D eigenvalue weighted by Crippen LogP contribution is -2.49. The van der Waals surface area contributed by atoms with Crippen LogP contribution in [0.5, 0.6) is 0 Å². The molecular formula is C12H26N2O. The molecule has 1 saturated heterocycles. The van der Waals surface area contributed by atoms with Gasteiger partial charge < -0.3 is 15.3 Å². The minimum atomic E-state index is 0.295. The van der Waals surface area contributed by atoms with Crippen molar-refractivity contribution >= 4 is 0 Å². The molecular weight excluding hydrogens is 188 g/mol. The molecule has 0 aliphatic carbocycles. The van der Waals surface area contributed by atoms with E-state index in [4.69, 9.17) is 5.11 Å². The first-order valence-electron chi connectivity index (χ1n) is 6.16. The Balaban J connectivity index is 2.31. The summed E-state index contributed by atoms with van der Waals surface area (Å²) in [5, 5.41) is 12.3. The van der Waals surface area contributed by atoms with Gasteiger partial charge in [-0.3, -0.25) is 0 Å². The molecule has 1 aliphatic rings. The number of aliphatic hydroxyl groups is 1. The molecule has 2 N–H and O–H groups in total. The maximum atomic E-state index is 8.74. The maximum Gasteiger partial charge on any atom is 0.0443 e. The number of likely N-dealkylation sites (N-methyl/N-ethyl adjacent to an activating group) is 1. The molecule has 90 valence electrons. The summed E-state index contributed by atoms with van der Waals surface area (Å²) in [5.41, 5.74) is 0. The van der Waals surface area contributed by atoms with Crippen LogP contribution in [0.3, 0.4) is 0 Å². The smallest absolute Gasteiger partial charge is 0.0443 e. The fourth-order valence-electron chi connectivity index (χ4n) is 2.38. The number of rotatable bonds is 5. The van der Waals surface area contributed by atoms with Crippen LogP contribution in [-0.2, 0) is 0 Å². The lowest BCUT2D eigenvalue weighted by atomic mass is 9.86. The molecule has 0 aromatic rings. The van der Waals surface area contributed by atoms with Crippen molar-refractivity contribution in [3.05, 3.63) is 0 Å². The number of piperidine rings is 1. The van der Waals surface area contributed by atoms with Gasteiger partial charge in [-0.1, -0.05) is 13.8 Å². The average Bonchev–Trinajstić information content (AvgIpc) is 2.17. The predicted molar refractivity (Wildman–Crippen MR) is 63.9 cm³/mol. The number of hydrogen-bond acceptors (Lipinski definition) is 3. The quantitative estimate of drug-likeness (QED) is 0.669. The van der Waals surface area contributed by atoms with Crippen molar-refractivity contribution < 1.29 is 5.11 Å². The zero-order valence-corrected chi connectivity index (χ0v) is 10.4. The fraction of sp³-hybridized carbons (Fsp3) is 1.00. The van der Waals surface area contributed by atoms with Crippen molar-refractivity contribution in [1.29, 1.82) is 0 Å². The average molecular weight is 214 g/mol. The van der Waals surface area contributed by atoms with Gasteiger partial charge in [0.25, 0.3) is 0 Å². The highest BCUT2D eigenvalue weighted by Gasteiger charge is 2.26. The second-order valence-corrected chi connectivity index (χ2v) is 5.19. The zero-order chi connectivity index (χ0) is 11.3. The summed E-state index contributed by atoms with van der Waals surface area (Å²) in [6.45, 7) is 8.25. The Labute approximate surface area is 93.9 Å². The van der Waals surface area contributed by atoms with Crippen LogP contribution in [0.2, 0.25) is 0 Å². The first kappa shape index (κ1) is 12.9. The van der Waals surface area contributed by atoms with Crippen LogP contribution < -0.4 is 5.32 Å². The van der Waals surface area contributed by atoms with Gasteiger partial charge in [0.1, 0.15) is 0 Å². The van der Waals surface area contributed by atoms with Crippen molar-refractivity contribution in [1.82, 2.24) is 10.2 Å². The maximum absolute atomic E-state index is 8.74. The van der Waals surface area contributed by atoms with Crippen molar-refractivity contribution in [2.45, 2.75) is 32.7 Å².